The summed E-state index contributed by atoms with van der Waals surface area (Å²) in [5, 5.41) is 2.49. The van der Waals surface area contributed by atoms with E-state index >= 15 is 0 Å². The number of nitrogens with one attached hydrogen (secondary N) is 1. The smallest absolute Gasteiger partial charge is 0.152 e. The van der Waals surface area contributed by atoms with Gasteiger partial charge in [-0.05, 0) is 15.9 Å². The minimum atomic E-state index is -1.02. The molecule has 3 nitrogen and oxygen atoms in total. The van der Waals surface area contributed by atoms with Crippen LogP contribution < -0.4 is 5.32 Å². The van der Waals surface area contributed by atoms with E-state index in [1.165, 1.54) is 6.07 Å². The van der Waals surface area contributed by atoms with E-state index in [1.807, 2.05) is 6.92 Å². The van der Waals surface area contributed by atoms with Crippen LogP contribution >= 0.6 is 15.9 Å². The van der Waals surface area contributed by atoms with E-state index in [2.05, 4.69) is 31.2 Å². The van der Waals surface area contributed by atoms with E-state index in [-0.39, 0.29) is 5.82 Å². The molecule has 0 aliphatic rings. The Bertz CT molecular complexity index is 596. The van der Waals surface area contributed by atoms with Crippen LogP contribution in [-0.4, -0.2) is 9.97 Å². The van der Waals surface area contributed by atoms with Gasteiger partial charge in [-0.3, -0.25) is 0 Å². The fourth-order valence-electron chi connectivity index (χ4n) is 1.48. The molecule has 19 heavy (non-hydrogen) atoms. The molecule has 1 heterocycles. The fourth-order valence-corrected chi connectivity index (χ4v) is 1.90. The standard InChI is InChI=1S/C12H9BrF3N3/c1-2-10-17-9(13)5-11(18-10)19-12-7(15)3-6(14)4-8(12)16/h3-5H,2H2,1H3,(H,17,18,19). The number of aryl methyl sites for hydroxylation is 1. The molecule has 1 aromatic heterocycles. The first kappa shape index (κ1) is 13.8. The zero-order chi connectivity index (χ0) is 14.0. The van der Waals surface area contributed by atoms with E-state index < -0.39 is 23.1 Å². The zero-order valence-electron chi connectivity index (χ0n) is 9.85. The lowest BCUT2D eigenvalue weighted by molar-refractivity contribution is 0.548. The van der Waals surface area contributed by atoms with Crippen molar-refractivity contribution in [3.05, 3.63) is 46.1 Å². The Morgan fingerprint density at radius 3 is 2.32 bits per heavy atom. The number of benzene rings is 1. The van der Waals surface area contributed by atoms with E-state index in [0.29, 0.717) is 29.0 Å². The number of halogens is 4. The van der Waals surface area contributed by atoms with Gasteiger partial charge in [-0.15, -0.1) is 0 Å². The van der Waals surface area contributed by atoms with Crippen LogP contribution in [0.2, 0.25) is 0 Å². The molecule has 0 bridgehead atoms. The summed E-state index contributed by atoms with van der Waals surface area (Å²) in [5.41, 5.74) is -0.450. The molecule has 0 saturated heterocycles. The van der Waals surface area contributed by atoms with Gasteiger partial charge < -0.3 is 5.32 Å². The molecule has 2 aromatic rings. The van der Waals surface area contributed by atoms with Crippen LogP contribution in [0.1, 0.15) is 12.7 Å². The first-order valence-corrected chi connectivity index (χ1v) is 6.24. The average Bonchev–Trinajstić information content (AvgIpc) is 2.33. The summed E-state index contributed by atoms with van der Waals surface area (Å²) in [4.78, 5) is 8.14. The molecule has 2 rings (SSSR count). The Balaban J connectivity index is 2.39. The Kier molecular flexibility index (Phi) is 4.04. The summed E-state index contributed by atoms with van der Waals surface area (Å²) >= 11 is 3.18. The first-order valence-electron chi connectivity index (χ1n) is 5.44. The molecule has 0 unspecified atom stereocenters. The highest BCUT2D eigenvalue weighted by Gasteiger charge is 2.13. The van der Waals surface area contributed by atoms with Crippen molar-refractivity contribution >= 4 is 27.4 Å². The predicted molar refractivity (Wildman–Crippen MR) is 68.7 cm³/mol. The van der Waals surface area contributed by atoms with Crippen molar-refractivity contribution in [2.45, 2.75) is 13.3 Å². The normalized spacial score (nSPS) is 10.6. The van der Waals surface area contributed by atoms with Gasteiger partial charge in [0.2, 0.25) is 0 Å². The van der Waals surface area contributed by atoms with Crippen molar-refractivity contribution in [2.75, 3.05) is 5.32 Å². The minimum absolute atomic E-state index is 0.225. The second-order valence-electron chi connectivity index (χ2n) is 3.72. The van der Waals surface area contributed by atoms with Gasteiger partial charge in [0.05, 0.1) is 0 Å². The Hall–Kier alpha value is -1.63. The van der Waals surface area contributed by atoms with Crippen LogP contribution in [0.25, 0.3) is 0 Å². The van der Waals surface area contributed by atoms with Crippen molar-refractivity contribution in [3.63, 3.8) is 0 Å². The number of hydrogen-bond donors (Lipinski definition) is 1. The van der Waals surface area contributed by atoms with Crippen molar-refractivity contribution in [1.29, 1.82) is 0 Å². The average molecular weight is 332 g/mol. The van der Waals surface area contributed by atoms with Crippen LogP contribution in [0.15, 0.2) is 22.8 Å². The quantitative estimate of drug-likeness (QED) is 0.865. The first-order chi connectivity index (χ1) is 8.99. The van der Waals surface area contributed by atoms with Gasteiger partial charge in [0.1, 0.15) is 27.8 Å². The molecule has 0 aliphatic heterocycles. The number of rotatable bonds is 3. The maximum Gasteiger partial charge on any atom is 0.152 e. The van der Waals surface area contributed by atoms with E-state index in [9.17, 15) is 13.2 Å². The van der Waals surface area contributed by atoms with Crippen LogP contribution in [0.3, 0.4) is 0 Å². The topological polar surface area (TPSA) is 37.8 Å². The molecule has 0 spiro atoms. The van der Waals surface area contributed by atoms with Crippen LogP contribution in [0.5, 0.6) is 0 Å². The van der Waals surface area contributed by atoms with Crippen LogP contribution in [0, 0.1) is 17.5 Å². The van der Waals surface area contributed by atoms with E-state index in [0.717, 1.165) is 0 Å². The number of nitrogens with zero attached hydrogens (tertiary/aromatic N) is 2. The highest BCUT2D eigenvalue weighted by Crippen LogP contribution is 2.24. The fraction of sp³-hybridized carbons (Fsp3) is 0.167. The van der Waals surface area contributed by atoms with Gasteiger partial charge in [0.15, 0.2) is 11.6 Å². The molecule has 1 N–H and O–H groups in total. The highest BCUT2D eigenvalue weighted by molar-refractivity contribution is 9.10. The molecule has 0 aliphatic carbocycles. The second kappa shape index (κ2) is 5.56. The third-order valence-corrected chi connectivity index (χ3v) is 2.72. The summed E-state index contributed by atoms with van der Waals surface area (Å²) < 4.78 is 40.2. The van der Waals surface area contributed by atoms with Gasteiger partial charge in [-0.1, -0.05) is 6.92 Å². The van der Waals surface area contributed by atoms with E-state index in [1.54, 1.807) is 0 Å². The number of anilines is 2. The minimum Gasteiger partial charge on any atom is -0.335 e. The van der Waals surface area contributed by atoms with Gasteiger partial charge >= 0.3 is 0 Å². The van der Waals surface area contributed by atoms with Crippen LogP contribution in [-0.2, 0) is 6.42 Å². The molecule has 7 heteroatoms. The van der Waals surface area contributed by atoms with Crippen molar-refractivity contribution in [2.24, 2.45) is 0 Å². The Morgan fingerprint density at radius 2 is 1.74 bits per heavy atom. The molecule has 100 valence electrons. The third kappa shape index (κ3) is 3.23. The summed E-state index contributed by atoms with van der Waals surface area (Å²) in [6, 6.07) is 2.67. The lowest BCUT2D eigenvalue weighted by atomic mass is 10.2. The lowest BCUT2D eigenvalue weighted by Crippen LogP contribution is -2.03. The van der Waals surface area contributed by atoms with Gasteiger partial charge in [0, 0.05) is 24.6 Å². The summed E-state index contributed by atoms with van der Waals surface area (Å²) in [6.07, 6.45) is 0.572. The second-order valence-corrected chi connectivity index (χ2v) is 4.53. The Morgan fingerprint density at radius 1 is 1.11 bits per heavy atom. The van der Waals surface area contributed by atoms with Gasteiger partial charge in [-0.2, -0.15) is 0 Å². The van der Waals surface area contributed by atoms with E-state index in [4.69, 9.17) is 0 Å². The maximum atomic E-state index is 13.5. The molecule has 0 amide bonds. The third-order valence-electron chi connectivity index (χ3n) is 2.32. The Labute approximate surface area is 116 Å². The highest BCUT2D eigenvalue weighted by atomic mass is 79.9. The molecular formula is C12H9BrF3N3. The predicted octanol–water partition coefficient (Wildman–Crippen LogP) is 3.96. The summed E-state index contributed by atoms with van der Waals surface area (Å²) in [6.45, 7) is 1.85. The largest absolute Gasteiger partial charge is 0.335 e. The molecule has 0 radical (unpaired) electrons. The SMILES string of the molecule is CCc1nc(Br)cc(Nc2c(F)cc(F)cc2F)n1. The molecule has 0 fully saturated rings. The molecule has 0 atom stereocenters. The monoisotopic (exact) mass is 331 g/mol. The molecular weight excluding hydrogens is 323 g/mol. The lowest BCUT2D eigenvalue weighted by Gasteiger charge is -2.09. The van der Waals surface area contributed by atoms with Crippen molar-refractivity contribution in [1.82, 2.24) is 9.97 Å². The number of hydrogen-bond acceptors (Lipinski definition) is 3. The number of aromatic nitrogens is 2. The maximum absolute atomic E-state index is 13.5. The van der Waals surface area contributed by atoms with Crippen LogP contribution in [0.4, 0.5) is 24.7 Å². The van der Waals surface area contributed by atoms with Crippen molar-refractivity contribution < 1.29 is 13.2 Å². The van der Waals surface area contributed by atoms with Gasteiger partial charge in [-0.25, -0.2) is 23.1 Å². The summed E-state index contributed by atoms with van der Waals surface area (Å²) in [5.74, 6) is -2.28. The zero-order valence-corrected chi connectivity index (χ0v) is 11.4. The molecule has 1 aromatic carbocycles. The summed E-state index contributed by atoms with van der Waals surface area (Å²) in [7, 11) is 0. The molecule has 0 saturated carbocycles. The van der Waals surface area contributed by atoms with Gasteiger partial charge in [0.25, 0.3) is 0 Å². The van der Waals surface area contributed by atoms with Crippen molar-refractivity contribution in [3.8, 4) is 0 Å².